The molecule has 0 fully saturated rings. The fourth-order valence-corrected chi connectivity index (χ4v) is 7.69. The van der Waals surface area contributed by atoms with Gasteiger partial charge in [-0.15, -0.1) is 0 Å². The second-order valence-corrected chi connectivity index (χ2v) is 14.1. The monoisotopic (exact) mass is 711 g/mol. The highest BCUT2D eigenvalue weighted by Gasteiger charge is 2.21. The fourth-order valence-electron chi connectivity index (χ4n) is 7.69. The van der Waals surface area contributed by atoms with E-state index in [4.69, 9.17) is 15.7 Å². The van der Waals surface area contributed by atoms with Crippen LogP contribution in [0.1, 0.15) is 35.8 Å². The van der Waals surface area contributed by atoms with Gasteiger partial charge in [0, 0.05) is 29.2 Å². The first-order valence-corrected chi connectivity index (χ1v) is 18.8. The minimum Gasteiger partial charge on any atom is -0.340 e. The summed E-state index contributed by atoms with van der Waals surface area (Å²) in [6, 6.07) is 65.8. The quantitative estimate of drug-likeness (QED) is 0.0739. The molecule has 0 saturated heterocycles. The van der Waals surface area contributed by atoms with Crippen molar-refractivity contribution < 1.29 is 0 Å². The highest BCUT2D eigenvalue weighted by atomic mass is 15.2. The van der Waals surface area contributed by atoms with E-state index in [1.165, 1.54) is 10.8 Å². The third-order valence-electron chi connectivity index (χ3n) is 10.6. The van der Waals surface area contributed by atoms with Crippen LogP contribution in [0.4, 0.5) is 0 Å². The third kappa shape index (κ3) is 6.45. The van der Waals surface area contributed by atoms with Crippen LogP contribution in [-0.4, -0.2) is 27.3 Å². The molecule has 0 bridgehead atoms. The van der Waals surface area contributed by atoms with Crippen LogP contribution in [0, 0.1) is 0 Å². The van der Waals surface area contributed by atoms with Gasteiger partial charge in [0.05, 0.1) is 17.1 Å². The molecule has 0 saturated carbocycles. The molecule has 266 valence electrons. The van der Waals surface area contributed by atoms with Gasteiger partial charge in [-0.3, -0.25) is 9.56 Å². The molecule has 0 aliphatic rings. The van der Waals surface area contributed by atoms with E-state index in [0.717, 1.165) is 72.5 Å². The van der Waals surface area contributed by atoms with Crippen molar-refractivity contribution in [2.45, 2.75) is 19.1 Å². The molecule has 5 nitrogen and oxygen atoms in total. The molecular formula is C50H41N5. The van der Waals surface area contributed by atoms with E-state index in [2.05, 4.69) is 174 Å². The van der Waals surface area contributed by atoms with E-state index >= 15 is 0 Å². The Kier molecular flexibility index (Phi) is 8.98. The average Bonchev–Trinajstić information content (AvgIpc) is 3.66. The highest BCUT2D eigenvalue weighted by Crippen LogP contribution is 2.37. The lowest BCUT2D eigenvalue weighted by atomic mass is 9.96. The van der Waals surface area contributed by atoms with Gasteiger partial charge >= 0.3 is 0 Å². The number of amidine groups is 1. The normalized spacial score (nSPS) is 13.0. The minimum atomic E-state index is -0.370. The summed E-state index contributed by atoms with van der Waals surface area (Å²) in [5, 5.41) is 4.65. The number of nitrogens with two attached hydrogens (primary N) is 1. The topological polar surface area (TPSA) is 59.4 Å². The molecule has 2 atom stereocenters. The number of hydrogen-bond donors (Lipinski definition) is 1. The number of nitrogens with zero attached hydrogens (tertiary/aromatic N) is 4. The molecule has 9 aromatic rings. The Bertz CT molecular complexity index is 2790. The number of aromatic nitrogens is 2. The van der Waals surface area contributed by atoms with Crippen LogP contribution >= 0.6 is 0 Å². The standard InChI is InChI=1S/C50H41N5/c1-34(35-16-7-3-8-17-35)52-49(54(2)48(51)37-18-9-4-10-19-37)42-23-15-22-39(33-42)40-28-30-44-41(32-40)27-26-36-29-31-45-47(46(36)44)53-50(38-20-11-5-12-21-38)55(45)43-24-13-6-14-25-43/h3-34,48H,51H2,1-2H3. The molecule has 0 aliphatic carbocycles. The van der Waals surface area contributed by atoms with Gasteiger partial charge in [-0.05, 0) is 75.7 Å². The SMILES string of the molecule is CC(N=C(c1cccc(-c2ccc3c(ccc4ccc5c(nc(-c6ccccc6)n5-c5ccccc5)c43)c2)c1)N(C)C(N)c1ccccc1)c1ccccc1. The van der Waals surface area contributed by atoms with Gasteiger partial charge in [0.25, 0.3) is 0 Å². The molecule has 0 radical (unpaired) electrons. The van der Waals surface area contributed by atoms with Crippen LogP contribution in [0.15, 0.2) is 193 Å². The van der Waals surface area contributed by atoms with Crippen LogP contribution in [0.25, 0.3) is 60.8 Å². The summed E-state index contributed by atoms with van der Waals surface area (Å²) >= 11 is 0. The predicted molar refractivity (Wildman–Crippen MR) is 229 cm³/mol. The van der Waals surface area contributed by atoms with E-state index < -0.39 is 0 Å². The summed E-state index contributed by atoms with van der Waals surface area (Å²) in [6.07, 6.45) is -0.370. The zero-order valence-corrected chi connectivity index (χ0v) is 30.9. The molecule has 1 heterocycles. The summed E-state index contributed by atoms with van der Waals surface area (Å²) in [5.74, 6) is 1.77. The van der Waals surface area contributed by atoms with Crippen molar-refractivity contribution in [1.82, 2.24) is 14.5 Å². The van der Waals surface area contributed by atoms with Crippen molar-refractivity contribution in [2.24, 2.45) is 10.7 Å². The van der Waals surface area contributed by atoms with Crippen LogP contribution < -0.4 is 5.73 Å². The zero-order valence-electron chi connectivity index (χ0n) is 30.9. The Balaban J connectivity index is 1.16. The lowest BCUT2D eigenvalue weighted by molar-refractivity contribution is 0.383. The van der Waals surface area contributed by atoms with E-state index in [1.807, 2.05) is 37.4 Å². The number of hydrogen-bond acceptors (Lipinski definition) is 3. The predicted octanol–water partition coefficient (Wildman–Crippen LogP) is 11.8. The fraction of sp³-hybridized carbons (Fsp3) is 0.0800. The van der Waals surface area contributed by atoms with Crippen molar-refractivity contribution in [1.29, 1.82) is 0 Å². The maximum Gasteiger partial charge on any atom is 0.145 e. The molecule has 2 N–H and O–H groups in total. The lowest BCUT2D eigenvalue weighted by Crippen LogP contribution is -2.37. The average molecular weight is 712 g/mol. The van der Waals surface area contributed by atoms with Crippen LogP contribution in [0.3, 0.4) is 0 Å². The van der Waals surface area contributed by atoms with Gasteiger partial charge in [0.15, 0.2) is 0 Å². The summed E-state index contributed by atoms with van der Waals surface area (Å²) in [4.78, 5) is 12.8. The van der Waals surface area contributed by atoms with Crippen molar-refractivity contribution in [3.63, 3.8) is 0 Å². The van der Waals surface area contributed by atoms with Crippen LogP contribution in [0.2, 0.25) is 0 Å². The van der Waals surface area contributed by atoms with Gasteiger partial charge in [0.1, 0.15) is 17.8 Å². The number of fused-ring (bicyclic) bond motifs is 5. The zero-order chi connectivity index (χ0) is 37.3. The van der Waals surface area contributed by atoms with Gasteiger partial charge in [-0.1, -0.05) is 158 Å². The van der Waals surface area contributed by atoms with Crippen LogP contribution in [-0.2, 0) is 0 Å². The van der Waals surface area contributed by atoms with E-state index in [1.54, 1.807) is 0 Å². The Morgan fingerprint density at radius 2 is 1.20 bits per heavy atom. The molecule has 9 rings (SSSR count). The van der Waals surface area contributed by atoms with Crippen molar-refractivity contribution in [3.05, 3.63) is 205 Å². The van der Waals surface area contributed by atoms with Crippen molar-refractivity contribution in [2.75, 3.05) is 7.05 Å². The van der Waals surface area contributed by atoms with E-state index in [9.17, 15) is 0 Å². The first kappa shape index (κ1) is 34.0. The molecule has 0 spiro atoms. The Morgan fingerprint density at radius 1 is 0.600 bits per heavy atom. The number of aliphatic imine (C=N–C) groups is 1. The molecule has 5 heteroatoms. The van der Waals surface area contributed by atoms with E-state index in [0.29, 0.717) is 0 Å². The van der Waals surface area contributed by atoms with Gasteiger partial charge < -0.3 is 10.6 Å². The van der Waals surface area contributed by atoms with E-state index in [-0.39, 0.29) is 12.2 Å². The van der Waals surface area contributed by atoms with Crippen molar-refractivity contribution >= 4 is 38.4 Å². The van der Waals surface area contributed by atoms with Crippen LogP contribution in [0.5, 0.6) is 0 Å². The first-order chi connectivity index (χ1) is 27.0. The molecule has 55 heavy (non-hydrogen) atoms. The summed E-state index contributed by atoms with van der Waals surface area (Å²) in [7, 11) is 2.03. The molecule has 0 amide bonds. The number of imidazole rings is 1. The summed E-state index contributed by atoms with van der Waals surface area (Å²) in [5.41, 5.74) is 16.6. The Morgan fingerprint density at radius 3 is 1.93 bits per heavy atom. The Labute approximate surface area is 321 Å². The van der Waals surface area contributed by atoms with Gasteiger partial charge in [0.2, 0.25) is 0 Å². The molecule has 2 unspecified atom stereocenters. The lowest BCUT2D eigenvalue weighted by Gasteiger charge is -2.29. The third-order valence-corrected chi connectivity index (χ3v) is 10.6. The molecule has 8 aromatic carbocycles. The van der Waals surface area contributed by atoms with Gasteiger partial charge in [-0.25, -0.2) is 4.98 Å². The molecular weight excluding hydrogens is 671 g/mol. The number of para-hydroxylation sites is 1. The van der Waals surface area contributed by atoms with Crippen molar-refractivity contribution in [3.8, 4) is 28.2 Å². The maximum absolute atomic E-state index is 6.90. The second kappa shape index (κ2) is 14.5. The first-order valence-electron chi connectivity index (χ1n) is 18.8. The number of rotatable bonds is 8. The molecule has 0 aliphatic heterocycles. The number of benzene rings is 8. The minimum absolute atomic E-state index is 0.0659. The summed E-state index contributed by atoms with van der Waals surface area (Å²) < 4.78 is 2.28. The van der Waals surface area contributed by atoms with Gasteiger partial charge in [-0.2, -0.15) is 0 Å². The Hall–Kier alpha value is -6.82. The second-order valence-electron chi connectivity index (χ2n) is 14.1. The molecule has 1 aromatic heterocycles. The smallest absolute Gasteiger partial charge is 0.145 e. The highest BCUT2D eigenvalue weighted by molar-refractivity contribution is 6.19. The maximum atomic E-state index is 6.90. The largest absolute Gasteiger partial charge is 0.340 e. The summed E-state index contributed by atoms with van der Waals surface area (Å²) in [6.45, 7) is 2.14.